The van der Waals surface area contributed by atoms with Gasteiger partial charge >= 0.3 is 108 Å². The first-order valence-electron chi connectivity index (χ1n) is 4.35. The summed E-state index contributed by atoms with van der Waals surface area (Å²) in [6.45, 7) is 0. The van der Waals surface area contributed by atoms with Crippen molar-refractivity contribution in [1.29, 1.82) is 0 Å². The number of hydrogen-bond donors (Lipinski definition) is 0. The van der Waals surface area contributed by atoms with Crippen LogP contribution in [0.3, 0.4) is 0 Å². The third kappa shape index (κ3) is 4.73. The van der Waals surface area contributed by atoms with E-state index < -0.39 is 9.12 Å². The van der Waals surface area contributed by atoms with Gasteiger partial charge in [0.1, 0.15) is 0 Å². The Morgan fingerprint density at radius 3 is 2.12 bits per heavy atom. The molecule has 0 unspecified atom stereocenters. The van der Waals surface area contributed by atoms with Crippen molar-refractivity contribution in [1.82, 2.24) is 0 Å². The Morgan fingerprint density at radius 1 is 1.00 bits per heavy atom. The molecular formula is C10H8Cl2FeGeS2-6. The summed E-state index contributed by atoms with van der Waals surface area (Å²) in [4.78, 5) is 2.33. The Balaban J connectivity index is 0.00000128. The van der Waals surface area contributed by atoms with Crippen LogP contribution in [-0.4, -0.2) is 9.12 Å². The minimum Gasteiger partial charge on any atom is 0 e. The maximum absolute atomic E-state index is 6.40. The average Bonchev–Trinajstić information content (AvgIpc) is 2.75. The minimum atomic E-state index is -2.85. The molecule has 2 rings (SSSR count). The minimum absolute atomic E-state index is 0. The number of hydrogen-bond acceptors (Lipinski definition) is 2. The zero-order chi connectivity index (χ0) is 10.7. The summed E-state index contributed by atoms with van der Waals surface area (Å²) in [5.41, 5.74) is 0. The van der Waals surface area contributed by atoms with Crippen molar-refractivity contribution in [3.8, 4) is 0 Å². The molecule has 0 heterocycles. The summed E-state index contributed by atoms with van der Waals surface area (Å²) in [7, 11) is 13.2. The Labute approximate surface area is 123 Å². The molecule has 16 heavy (non-hydrogen) atoms. The Bertz CT molecular complexity index is 362. The summed E-state index contributed by atoms with van der Waals surface area (Å²) in [6.07, 6.45) is 0. The van der Waals surface area contributed by atoms with E-state index in [0.29, 0.717) is 0 Å². The van der Waals surface area contributed by atoms with Crippen LogP contribution < -0.4 is 0 Å². The van der Waals surface area contributed by atoms with Crippen molar-refractivity contribution < 1.29 is 17.1 Å². The molecule has 0 bridgehead atoms. The first kappa shape index (κ1) is 15.1. The number of rotatable bonds is 4. The molecule has 2 aromatic carbocycles. The van der Waals surface area contributed by atoms with Gasteiger partial charge in [-0.05, 0) is 0 Å². The molecule has 0 nitrogen and oxygen atoms in total. The first-order valence-corrected chi connectivity index (χ1v) is 16.6. The van der Waals surface area contributed by atoms with Gasteiger partial charge in [-0.25, -0.2) is 0 Å². The molecule has 0 saturated carbocycles. The molecule has 0 aliphatic heterocycles. The molecule has 0 atom stereocenters. The fourth-order valence-corrected chi connectivity index (χ4v) is 17.0. The van der Waals surface area contributed by atoms with Crippen molar-refractivity contribution in [3.05, 3.63) is 48.5 Å². The van der Waals surface area contributed by atoms with E-state index in [4.69, 9.17) is 20.0 Å². The summed E-state index contributed by atoms with van der Waals surface area (Å²) in [5, 5.41) is 0. The summed E-state index contributed by atoms with van der Waals surface area (Å²) in [6, 6.07) is 16.2. The zero-order valence-electron chi connectivity index (χ0n) is 8.04. The topological polar surface area (TPSA) is 0 Å². The van der Waals surface area contributed by atoms with Gasteiger partial charge in [0.25, 0.3) is 0 Å². The Morgan fingerprint density at radius 2 is 1.56 bits per heavy atom. The maximum atomic E-state index is 6.40. The largest absolute Gasteiger partial charge is 0 e. The van der Waals surface area contributed by atoms with Crippen LogP contribution in [0.5, 0.6) is 0 Å². The van der Waals surface area contributed by atoms with E-state index in [-0.39, 0.29) is 17.1 Å². The van der Waals surface area contributed by atoms with Crippen LogP contribution >= 0.6 is 40.2 Å². The normalized spacial score (nSPS) is 11.1. The third-order valence-corrected chi connectivity index (χ3v) is 16.6. The molecule has 0 aliphatic rings. The van der Waals surface area contributed by atoms with Crippen LogP contribution in [-0.2, 0) is 17.1 Å². The van der Waals surface area contributed by atoms with E-state index in [1.165, 1.54) is 9.79 Å². The van der Waals surface area contributed by atoms with Crippen LogP contribution in [0.15, 0.2) is 58.3 Å². The predicted octanol–water partition coefficient (Wildman–Crippen LogP) is 4.92. The molecule has 0 fully saturated rings. The molecule has 0 radical (unpaired) electrons. The molecule has 0 spiro atoms. The van der Waals surface area contributed by atoms with Crippen LogP contribution in [0.1, 0.15) is 0 Å². The van der Waals surface area contributed by atoms with Crippen molar-refractivity contribution >= 4 is 49.3 Å². The standard InChI is InChI=1S/C10H8Cl2GeS2.Fe/c11-13(12,14-9-5-1-2-6-9)15-10-7-3-4-8-10;/h1-8H;/q-6;. The Hall–Kier alpha value is 1.04. The van der Waals surface area contributed by atoms with Crippen molar-refractivity contribution in [2.24, 2.45) is 0 Å². The average molecular weight is 392 g/mol. The SMILES string of the molecule is [Cl][Ge]([Cl])([S][c-]1cccc1)[S][c-]1[cH-][cH-][cH-][cH-]1.[Fe]. The fourth-order valence-electron chi connectivity index (χ4n) is 1.14. The van der Waals surface area contributed by atoms with Crippen LogP contribution in [0.4, 0.5) is 0 Å². The van der Waals surface area contributed by atoms with E-state index in [1.807, 2.05) is 48.5 Å². The van der Waals surface area contributed by atoms with Crippen molar-refractivity contribution in [3.63, 3.8) is 0 Å². The Kier molecular flexibility index (Phi) is 6.45. The molecular weight excluding hydrogens is 384 g/mol. The fraction of sp³-hybridized carbons (Fsp3) is 0. The summed E-state index contributed by atoms with van der Waals surface area (Å²) in [5.74, 6) is 0. The first-order chi connectivity index (χ1) is 7.16. The second-order valence-corrected chi connectivity index (χ2v) is 28.0. The zero-order valence-corrected chi connectivity index (χ0v) is 14.4. The van der Waals surface area contributed by atoms with E-state index in [0.717, 1.165) is 0 Å². The van der Waals surface area contributed by atoms with Gasteiger partial charge in [-0.3, -0.25) is 0 Å². The summed E-state index contributed by atoms with van der Waals surface area (Å²) >= 11 is 0. The van der Waals surface area contributed by atoms with Gasteiger partial charge in [0.15, 0.2) is 0 Å². The predicted molar refractivity (Wildman–Crippen MR) is 73.2 cm³/mol. The second kappa shape index (κ2) is 6.84. The molecule has 0 N–H and O–H groups in total. The monoisotopic (exact) mass is 392 g/mol. The maximum Gasteiger partial charge on any atom is 0 e. The second-order valence-electron chi connectivity index (χ2n) is 2.91. The summed E-state index contributed by atoms with van der Waals surface area (Å²) < 4.78 is 0. The van der Waals surface area contributed by atoms with Crippen molar-refractivity contribution in [2.45, 2.75) is 9.79 Å². The van der Waals surface area contributed by atoms with E-state index >= 15 is 0 Å². The van der Waals surface area contributed by atoms with Gasteiger partial charge in [-0.15, -0.1) is 0 Å². The van der Waals surface area contributed by atoms with Gasteiger partial charge in [-0.2, -0.15) is 0 Å². The van der Waals surface area contributed by atoms with Crippen LogP contribution in [0, 0.1) is 0 Å². The van der Waals surface area contributed by atoms with Gasteiger partial charge < -0.3 is 0 Å². The third-order valence-electron chi connectivity index (χ3n) is 1.74. The smallest absolute Gasteiger partial charge is 0 e. The molecule has 2 aromatic rings. The van der Waals surface area contributed by atoms with E-state index in [2.05, 4.69) is 0 Å². The molecule has 0 aliphatic carbocycles. The van der Waals surface area contributed by atoms with Crippen LogP contribution in [0.2, 0.25) is 0 Å². The van der Waals surface area contributed by atoms with Gasteiger partial charge in [0, 0.05) is 17.1 Å². The quantitative estimate of drug-likeness (QED) is 0.536. The molecule has 6 heteroatoms. The molecule has 0 amide bonds. The molecule has 0 saturated heterocycles. The van der Waals surface area contributed by atoms with E-state index in [9.17, 15) is 0 Å². The van der Waals surface area contributed by atoms with Crippen LogP contribution in [0.25, 0.3) is 0 Å². The van der Waals surface area contributed by atoms with Crippen molar-refractivity contribution in [2.75, 3.05) is 0 Å². The van der Waals surface area contributed by atoms with E-state index in [1.54, 1.807) is 20.2 Å². The van der Waals surface area contributed by atoms with Gasteiger partial charge in [-0.1, -0.05) is 0 Å². The number of halogens is 2. The van der Waals surface area contributed by atoms with Gasteiger partial charge in [0.05, 0.1) is 0 Å². The molecule has 0 aromatic heterocycles. The molecule has 92 valence electrons. The van der Waals surface area contributed by atoms with Gasteiger partial charge in [0.2, 0.25) is 0 Å².